The summed E-state index contributed by atoms with van der Waals surface area (Å²) < 4.78 is 0.987. The predicted molar refractivity (Wildman–Crippen MR) is 99.2 cm³/mol. The highest BCUT2D eigenvalue weighted by molar-refractivity contribution is 9.10. The van der Waals surface area contributed by atoms with E-state index >= 15 is 0 Å². The molecular formula is C18H15BrN4O. The molecule has 0 fully saturated rings. The fourth-order valence-electron chi connectivity index (χ4n) is 2.15. The van der Waals surface area contributed by atoms with Crippen LogP contribution in [0.1, 0.15) is 17.3 Å². The average molecular weight is 383 g/mol. The van der Waals surface area contributed by atoms with Gasteiger partial charge in [-0.25, -0.2) is 4.98 Å². The molecule has 0 spiro atoms. The van der Waals surface area contributed by atoms with Crippen molar-refractivity contribution in [1.82, 2.24) is 9.97 Å². The molecule has 1 heterocycles. The zero-order valence-electron chi connectivity index (χ0n) is 13.0. The molecule has 0 unspecified atom stereocenters. The summed E-state index contributed by atoms with van der Waals surface area (Å²) in [5.74, 6) is 1.15. The first kappa shape index (κ1) is 16.1. The minimum absolute atomic E-state index is 0.0182. The van der Waals surface area contributed by atoms with Crippen molar-refractivity contribution >= 4 is 44.9 Å². The number of carbonyl (C=O) groups excluding carboxylic acids is 1. The van der Waals surface area contributed by atoms with Gasteiger partial charge in [-0.1, -0.05) is 34.1 Å². The van der Waals surface area contributed by atoms with Crippen LogP contribution >= 0.6 is 15.9 Å². The third-order valence-electron chi connectivity index (χ3n) is 3.28. The van der Waals surface area contributed by atoms with Gasteiger partial charge in [0.2, 0.25) is 5.95 Å². The van der Waals surface area contributed by atoms with E-state index in [0.717, 1.165) is 15.8 Å². The Bertz CT molecular complexity index is 882. The summed E-state index contributed by atoms with van der Waals surface area (Å²) in [6, 6.07) is 16.9. The fraction of sp³-hybridized carbons (Fsp3) is 0.0556. The van der Waals surface area contributed by atoms with Gasteiger partial charge in [-0.2, -0.15) is 4.98 Å². The molecule has 0 aliphatic rings. The molecule has 120 valence electrons. The molecule has 0 bridgehead atoms. The monoisotopic (exact) mass is 382 g/mol. The molecule has 5 nitrogen and oxygen atoms in total. The van der Waals surface area contributed by atoms with Crippen LogP contribution in [0, 0.1) is 0 Å². The lowest BCUT2D eigenvalue weighted by Gasteiger charge is -2.09. The Morgan fingerprint density at radius 1 is 1.00 bits per heavy atom. The van der Waals surface area contributed by atoms with E-state index in [4.69, 9.17) is 0 Å². The first-order valence-corrected chi connectivity index (χ1v) is 8.13. The van der Waals surface area contributed by atoms with Crippen LogP contribution in [-0.4, -0.2) is 15.8 Å². The van der Waals surface area contributed by atoms with Gasteiger partial charge in [0.05, 0.1) is 0 Å². The van der Waals surface area contributed by atoms with E-state index in [1.54, 1.807) is 24.4 Å². The van der Waals surface area contributed by atoms with Gasteiger partial charge in [-0.15, -0.1) is 0 Å². The highest BCUT2D eigenvalue weighted by Crippen LogP contribution is 2.21. The molecule has 24 heavy (non-hydrogen) atoms. The van der Waals surface area contributed by atoms with Crippen molar-refractivity contribution in [2.75, 3.05) is 10.6 Å². The third kappa shape index (κ3) is 4.17. The van der Waals surface area contributed by atoms with Gasteiger partial charge in [-0.05, 0) is 43.3 Å². The van der Waals surface area contributed by atoms with Crippen LogP contribution in [0.25, 0.3) is 0 Å². The maximum atomic E-state index is 11.5. The van der Waals surface area contributed by atoms with Crippen LogP contribution < -0.4 is 10.6 Å². The van der Waals surface area contributed by atoms with Crippen molar-refractivity contribution in [1.29, 1.82) is 0 Å². The minimum Gasteiger partial charge on any atom is -0.340 e. The van der Waals surface area contributed by atoms with Gasteiger partial charge in [0.15, 0.2) is 5.78 Å². The minimum atomic E-state index is 0.0182. The van der Waals surface area contributed by atoms with E-state index in [2.05, 4.69) is 36.5 Å². The summed E-state index contributed by atoms with van der Waals surface area (Å²) in [6.07, 6.45) is 1.67. The molecular weight excluding hydrogens is 368 g/mol. The summed E-state index contributed by atoms with van der Waals surface area (Å²) >= 11 is 3.44. The molecule has 3 aromatic rings. The van der Waals surface area contributed by atoms with Crippen LogP contribution in [0.4, 0.5) is 23.1 Å². The number of nitrogens with zero attached hydrogens (tertiary/aromatic N) is 2. The third-order valence-corrected chi connectivity index (χ3v) is 3.77. The summed E-state index contributed by atoms with van der Waals surface area (Å²) in [5.41, 5.74) is 2.33. The predicted octanol–water partition coefficient (Wildman–Crippen LogP) is 4.93. The number of nitrogens with one attached hydrogen (secondary N) is 2. The Hall–Kier alpha value is -2.73. The summed E-state index contributed by atoms with van der Waals surface area (Å²) in [7, 11) is 0. The quantitative estimate of drug-likeness (QED) is 0.612. The van der Waals surface area contributed by atoms with E-state index in [1.165, 1.54) is 6.92 Å². The van der Waals surface area contributed by atoms with Gasteiger partial charge in [0, 0.05) is 27.6 Å². The van der Waals surface area contributed by atoms with E-state index in [9.17, 15) is 4.79 Å². The second-order valence-electron chi connectivity index (χ2n) is 5.16. The molecule has 3 rings (SSSR count). The van der Waals surface area contributed by atoms with Crippen LogP contribution in [0.3, 0.4) is 0 Å². The number of benzene rings is 2. The first-order valence-electron chi connectivity index (χ1n) is 7.34. The lowest BCUT2D eigenvalue weighted by Crippen LogP contribution is -2.01. The number of ketones is 1. The highest BCUT2D eigenvalue weighted by atomic mass is 79.9. The van der Waals surface area contributed by atoms with E-state index in [-0.39, 0.29) is 5.78 Å². The Balaban J connectivity index is 1.78. The van der Waals surface area contributed by atoms with Crippen molar-refractivity contribution in [3.8, 4) is 0 Å². The van der Waals surface area contributed by atoms with Crippen molar-refractivity contribution < 1.29 is 4.79 Å². The van der Waals surface area contributed by atoms with Crippen molar-refractivity contribution in [2.24, 2.45) is 0 Å². The number of aromatic nitrogens is 2. The average Bonchev–Trinajstić information content (AvgIpc) is 2.55. The Morgan fingerprint density at radius 3 is 2.50 bits per heavy atom. The van der Waals surface area contributed by atoms with E-state index in [1.807, 2.05) is 36.4 Å². The number of halogens is 1. The molecule has 0 aliphatic carbocycles. The molecule has 0 saturated carbocycles. The largest absolute Gasteiger partial charge is 0.340 e. The van der Waals surface area contributed by atoms with Crippen LogP contribution in [0.2, 0.25) is 0 Å². The normalized spacial score (nSPS) is 10.2. The zero-order valence-corrected chi connectivity index (χ0v) is 14.5. The van der Waals surface area contributed by atoms with Gasteiger partial charge in [0.1, 0.15) is 5.82 Å². The molecule has 0 saturated heterocycles. The summed E-state index contributed by atoms with van der Waals surface area (Å²) in [6.45, 7) is 1.54. The summed E-state index contributed by atoms with van der Waals surface area (Å²) in [5, 5.41) is 6.34. The maximum Gasteiger partial charge on any atom is 0.229 e. The molecule has 0 amide bonds. The number of hydrogen-bond donors (Lipinski definition) is 2. The first-order chi connectivity index (χ1) is 11.6. The SMILES string of the molecule is CC(=O)c1cccc(Nc2nccc(Nc3cccc(Br)c3)n2)c1. The van der Waals surface area contributed by atoms with Gasteiger partial charge in [-0.3, -0.25) is 4.79 Å². The number of carbonyl (C=O) groups is 1. The van der Waals surface area contributed by atoms with Gasteiger partial charge >= 0.3 is 0 Å². The van der Waals surface area contributed by atoms with E-state index in [0.29, 0.717) is 17.3 Å². The Labute approximate surface area is 148 Å². The number of rotatable bonds is 5. The number of Topliss-reactive ketones (excluding diaryl/α,β-unsaturated/α-hetero) is 1. The molecule has 0 radical (unpaired) electrons. The van der Waals surface area contributed by atoms with Crippen LogP contribution in [-0.2, 0) is 0 Å². The van der Waals surface area contributed by atoms with Crippen molar-refractivity contribution in [3.63, 3.8) is 0 Å². The highest BCUT2D eigenvalue weighted by Gasteiger charge is 2.04. The zero-order chi connectivity index (χ0) is 16.9. The van der Waals surface area contributed by atoms with Crippen molar-refractivity contribution in [2.45, 2.75) is 6.92 Å². The standard InChI is InChI=1S/C18H15BrN4O/c1-12(24)13-4-2-6-15(10-13)22-18-20-9-8-17(23-18)21-16-7-3-5-14(19)11-16/h2-11H,1H3,(H2,20,21,22,23). The summed E-state index contributed by atoms with van der Waals surface area (Å²) in [4.78, 5) is 20.1. The van der Waals surface area contributed by atoms with Crippen LogP contribution in [0.15, 0.2) is 65.3 Å². The van der Waals surface area contributed by atoms with Crippen LogP contribution in [0.5, 0.6) is 0 Å². The topological polar surface area (TPSA) is 66.9 Å². The Kier molecular flexibility index (Phi) is 4.86. The van der Waals surface area contributed by atoms with E-state index < -0.39 is 0 Å². The molecule has 6 heteroatoms. The molecule has 2 N–H and O–H groups in total. The lowest BCUT2D eigenvalue weighted by molar-refractivity contribution is 0.101. The van der Waals surface area contributed by atoms with Gasteiger partial charge < -0.3 is 10.6 Å². The second kappa shape index (κ2) is 7.23. The van der Waals surface area contributed by atoms with Crippen molar-refractivity contribution in [3.05, 3.63) is 70.8 Å². The fourth-order valence-corrected chi connectivity index (χ4v) is 2.55. The second-order valence-corrected chi connectivity index (χ2v) is 6.08. The molecule has 1 aromatic heterocycles. The molecule has 0 atom stereocenters. The molecule has 2 aromatic carbocycles. The number of hydrogen-bond acceptors (Lipinski definition) is 5. The smallest absolute Gasteiger partial charge is 0.229 e. The molecule has 0 aliphatic heterocycles. The van der Waals surface area contributed by atoms with Gasteiger partial charge in [0.25, 0.3) is 0 Å². The Morgan fingerprint density at radius 2 is 1.75 bits per heavy atom. The maximum absolute atomic E-state index is 11.5. The number of anilines is 4. The lowest BCUT2D eigenvalue weighted by atomic mass is 10.1.